The van der Waals surface area contributed by atoms with Crippen molar-refractivity contribution in [2.24, 2.45) is 5.92 Å². The zero-order valence-electron chi connectivity index (χ0n) is 10.4. The van der Waals surface area contributed by atoms with E-state index in [-0.39, 0.29) is 0 Å². The van der Waals surface area contributed by atoms with E-state index in [1.807, 2.05) is 4.90 Å². The van der Waals surface area contributed by atoms with Crippen LogP contribution in [0.25, 0.3) is 0 Å². The fraction of sp³-hybridized carbons (Fsp3) is 1.00. The molecule has 2 aliphatic rings. The van der Waals surface area contributed by atoms with Crippen LogP contribution in [-0.4, -0.2) is 25.2 Å². The molecule has 0 unspecified atom stereocenters. The van der Waals surface area contributed by atoms with Crippen molar-refractivity contribution in [3.8, 4) is 0 Å². The molecule has 1 aliphatic carbocycles. The highest BCUT2D eigenvalue weighted by Crippen LogP contribution is 2.23. The maximum atomic E-state index is 4.52. The molecule has 2 rings (SSSR count). The summed E-state index contributed by atoms with van der Waals surface area (Å²) in [5.41, 5.74) is 4.96. The first-order valence-corrected chi connectivity index (χ1v) is 6.87. The lowest BCUT2D eigenvalue weighted by atomic mass is 9.81. The second-order valence-electron chi connectivity index (χ2n) is 6.17. The van der Waals surface area contributed by atoms with Crippen molar-refractivity contribution in [1.29, 1.82) is 0 Å². The average molecular weight is 212 g/mol. The molecule has 4 N–H and O–H groups in total. The topological polar surface area (TPSA) is 32.1 Å². The van der Waals surface area contributed by atoms with E-state index in [1.165, 1.54) is 64.6 Å². The fourth-order valence-corrected chi connectivity index (χ4v) is 3.36. The molecule has 88 valence electrons. The third kappa shape index (κ3) is 3.18. The maximum absolute atomic E-state index is 4.52. The third-order valence-electron chi connectivity index (χ3n) is 4.52. The summed E-state index contributed by atoms with van der Waals surface area (Å²) in [4.78, 5) is 1.84. The molecule has 15 heavy (non-hydrogen) atoms. The van der Waals surface area contributed by atoms with E-state index >= 15 is 0 Å². The van der Waals surface area contributed by atoms with Gasteiger partial charge in [0.05, 0.1) is 13.1 Å². The number of hydrogen-bond acceptors (Lipinski definition) is 0. The Labute approximate surface area is 94.2 Å². The molecule has 2 fully saturated rings. The van der Waals surface area contributed by atoms with E-state index in [0.29, 0.717) is 5.54 Å². The number of nitrogens with one attached hydrogen (secondary N) is 1. The van der Waals surface area contributed by atoms with Crippen molar-refractivity contribution in [3.05, 3.63) is 0 Å². The summed E-state index contributed by atoms with van der Waals surface area (Å²) < 4.78 is 0. The molecule has 0 atom stereocenters. The lowest BCUT2D eigenvalue weighted by Gasteiger charge is -2.35. The second kappa shape index (κ2) is 4.84. The molecule has 1 heterocycles. The number of rotatable bonds is 2. The molecule has 1 aliphatic heterocycles. The number of quaternary nitrogens is 2. The second-order valence-corrected chi connectivity index (χ2v) is 6.17. The normalized spacial score (nSPS) is 36.4. The minimum atomic E-state index is 0.439. The van der Waals surface area contributed by atoms with E-state index < -0.39 is 0 Å². The monoisotopic (exact) mass is 212 g/mol. The summed E-state index contributed by atoms with van der Waals surface area (Å²) in [6.45, 7) is 6.55. The van der Waals surface area contributed by atoms with Crippen LogP contribution >= 0.6 is 0 Å². The Bertz CT molecular complexity index is 189. The Balaban J connectivity index is 1.80. The van der Waals surface area contributed by atoms with Gasteiger partial charge in [-0.25, -0.2) is 0 Å². The van der Waals surface area contributed by atoms with Crippen LogP contribution in [0.1, 0.15) is 51.9 Å². The minimum Gasteiger partial charge on any atom is -0.348 e. The molecule has 0 amide bonds. The first-order valence-electron chi connectivity index (χ1n) is 6.87. The SMILES string of the molecule is CC1CC[NH+](CC2([NH3+])CCCCC2)CC1. The van der Waals surface area contributed by atoms with Crippen LogP contribution in [-0.2, 0) is 0 Å². The molecular weight excluding hydrogens is 184 g/mol. The van der Waals surface area contributed by atoms with Crippen LogP contribution in [0.3, 0.4) is 0 Å². The summed E-state index contributed by atoms with van der Waals surface area (Å²) >= 11 is 0. The number of hydrogen-bond donors (Lipinski definition) is 2. The zero-order valence-corrected chi connectivity index (χ0v) is 10.4. The molecule has 2 nitrogen and oxygen atoms in total. The average Bonchev–Trinajstić information content (AvgIpc) is 2.22. The van der Waals surface area contributed by atoms with Crippen LogP contribution in [0.4, 0.5) is 0 Å². The summed E-state index contributed by atoms with van der Waals surface area (Å²) in [5, 5.41) is 0. The van der Waals surface area contributed by atoms with Crippen molar-refractivity contribution in [2.45, 2.75) is 57.4 Å². The van der Waals surface area contributed by atoms with Gasteiger partial charge in [-0.2, -0.15) is 0 Å². The molecule has 0 aromatic heterocycles. The van der Waals surface area contributed by atoms with Gasteiger partial charge in [-0.05, 0) is 31.6 Å². The van der Waals surface area contributed by atoms with E-state index in [1.54, 1.807) is 0 Å². The van der Waals surface area contributed by atoms with Crippen molar-refractivity contribution in [3.63, 3.8) is 0 Å². The van der Waals surface area contributed by atoms with Gasteiger partial charge in [0.1, 0.15) is 12.1 Å². The molecule has 2 heteroatoms. The summed E-state index contributed by atoms with van der Waals surface area (Å²) in [5.74, 6) is 0.973. The van der Waals surface area contributed by atoms with Gasteiger partial charge in [-0.3, -0.25) is 0 Å². The smallest absolute Gasteiger partial charge is 0.144 e. The Hall–Kier alpha value is -0.0800. The van der Waals surface area contributed by atoms with Gasteiger partial charge >= 0.3 is 0 Å². The molecule has 0 radical (unpaired) electrons. The highest BCUT2D eigenvalue weighted by Gasteiger charge is 2.36. The van der Waals surface area contributed by atoms with E-state index in [4.69, 9.17) is 0 Å². The summed E-state index contributed by atoms with van der Waals surface area (Å²) in [7, 11) is 0. The quantitative estimate of drug-likeness (QED) is 0.657. The molecular formula is C13H28N2+2. The van der Waals surface area contributed by atoms with E-state index in [0.717, 1.165) is 5.92 Å². The Morgan fingerprint density at radius 2 is 1.73 bits per heavy atom. The first kappa shape index (κ1) is 11.4. The lowest BCUT2D eigenvalue weighted by molar-refractivity contribution is -0.920. The van der Waals surface area contributed by atoms with Crippen molar-refractivity contribution in [1.82, 2.24) is 0 Å². The highest BCUT2D eigenvalue weighted by atomic mass is 15.1. The number of likely N-dealkylation sites (tertiary alicyclic amines) is 1. The van der Waals surface area contributed by atoms with Gasteiger partial charge < -0.3 is 10.6 Å². The predicted molar refractivity (Wildman–Crippen MR) is 62.7 cm³/mol. The zero-order chi connectivity index (χ0) is 10.7. The van der Waals surface area contributed by atoms with Crippen molar-refractivity contribution < 1.29 is 10.6 Å². The Morgan fingerprint density at radius 3 is 2.33 bits per heavy atom. The molecule has 0 spiro atoms. The third-order valence-corrected chi connectivity index (χ3v) is 4.52. The van der Waals surface area contributed by atoms with Crippen LogP contribution < -0.4 is 10.6 Å². The first-order chi connectivity index (χ1) is 7.18. The highest BCUT2D eigenvalue weighted by molar-refractivity contribution is 4.80. The molecule has 0 aromatic carbocycles. The van der Waals surface area contributed by atoms with Crippen molar-refractivity contribution >= 4 is 0 Å². The fourth-order valence-electron chi connectivity index (χ4n) is 3.36. The predicted octanol–water partition coefficient (Wildman–Crippen LogP) is 0.246. The van der Waals surface area contributed by atoms with Crippen LogP contribution in [0.2, 0.25) is 0 Å². The molecule has 0 bridgehead atoms. The van der Waals surface area contributed by atoms with E-state index in [2.05, 4.69) is 12.7 Å². The van der Waals surface area contributed by atoms with Crippen LogP contribution in [0.15, 0.2) is 0 Å². The maximum Gasteiger partial charge on any atom is 0.144 e. The molecule has 0 aromatic rings. The summed E-state index contributed by atoms with van der Waals surface area (Å²) in [6, 6.07) is 0. The standard InChI is InChI=1S/C13H26N2/c1-12-5-9-15(10-6-12)11-13(14)7-3-2-4-8-13/h12H,2-11,14H2,1H3/p+2. The lowest BCUT2D eigenvalue weighted by Crippen LogP contribution is -3.16. The van der Waals surface area contributed by atoms with Gasteiger partial charge in [-0.1, -0.05) is 13.3 Å². The van der Waals surface area contributed by atoms with Crippen LogP contribution in [0.5, 0.6) is 0 Å². The molecule has 1 saturated carbocycles. The Kier molecular flexibility index (Phi) is 3.68. The van der Waals surface area contributed by atoms with Gasteiger partial charge in [0.25, 0.3) is 0 Å². The van der Waals surface area contributed by atoms with Gasteiger partial charge in [0.15, 0.2) is 0 Å². The largest absolute Gasteiger partial charge is 0.348 e. The van der Waals surface area contributed by atoms with Crippen LogP contribution in [0, 0.1) is 5.92 Å². The molecule has 1 saturated heterocycles. The van der Waals surface area contributed by atoms with Crippen molar-refractivity contribution in [2.75, 3.05) is 19.6 Å². The van der Waals surface area contributed by atoms with Gasteiger partial charge in [0, 0.05) is 12.8 Å². The van der Waals surface area contributed by atoms with Gasteiger partial charge in [0.2, 0.25) is 0 Å². The van der Waals surface area contributed by atoms with Gasteiger partial charge in [-0.15, -0.1) is 0 Å². The summed E-state index contributed by atoms with van der Waals surface area (Å²) in [6.07, 6.45) is 9.93. The van der Waals surface area contributed by atoms with E-state index in [9.17, 15) is 0 Å². The minimum absolute atomic E-state index is 0.439. The number of piperidine rings is 1. The Morgan fingerprint density at radius 1 is 1.13 bits per heavy atom.